The largest absolute Gasteiger partial charge is 0.330 e. The SMILES string of the molecule is CCN(CCC(C)(C)CN)Cc1cccc(C)n1. The van der Waals surface area contributed by atoms with Gasteiger partial charge in [-0.05, 0) is 50.5 Å². The van der Waals surface area contributed by atoms with Gasteiger partial charge in [-0.2, -0.15) is 0 Å². The Balaban J connectivity index is 2.52. The van der Waals surface area contributed by atoms with Crippen LogP contribution in [-0.2, 0) is 6.54 Å². The van der Waals surface area contributed by atoms with Gasteiger partial charge in [-0.1, -0.05) is 26.8 Å². The molecular formula is C15H27N3. The average Bonchev–Trinajstić information content (AvgIpc) is 2.34. The molecule has 0 aliphatic rings. The molecule has 0 saturated carbocycles. The van der Waals surface area contributed by atoms with Crippen molar-refractivity contribution in [3.8, 4) is 0 Å². The number of pyridine rings is 1. The molecule has 0 unspecified atom stereocenters. The Kier molecular flexibility index (Phi) is 5.76. The predicted octanol–water partition coefficient (Wildman–Crippen LogP) is 2.59. The van der Waals surface area contributed by atoms with Crippen LogP contribution in [0.2, 0.25) is 0 Å². The molecule has 1 heterocycles. The fourth-order valence-corrected chi connectivity index (χ4v) is 1.83. The summed E-state index contributed by atoms with van der Waals surface area (Å²) in [7, 11) is 0. The molecule has 3 nitrogen and oxygen atoms in total. The summed E-state index contributed by atoms with van der Waals surface area (Å²) in [5.41, 5.74) is 8.25. The van der Waals surface area contributed by atoms with Crippen LogP contribution in [0.3, 0.4) is 0 Å². The minimum atomic E-state index is 0.230. The van der Waals surface area contributed by atoms with Gasteiger partial charge in [0.15, 0.2) is 0 Å². The zero-order valence-electron chi connectivity index (χ0n) is 12.2. The number of hydrogen-bond donors (Lipinski definition) is 1. The van der Waals surface area contributed by atoms with Crippen LogP contribution in [0.4, 0.5) is 0 Å². The van der Waals surface area contributed by atoms with E-state index in [1.807, 2.05) is 13.0 Å². The first-order chi connectivity index (χ1) is 8.46. The highest BCUT2D eigenvalue weighted by Gasteiger charge is 2.17. The third kappa shape index (κ3) is 5.15. The molecule has 102 valence electrons. The number of aromatic nitrogens is 1. The van der Waals surface area contributed by atoms with Gasteiger partial charge in [0.05, 0.1) is 5.69 Å². The van der Waals surface area contributed by atoms with Crippen LogP contribution in [0.25, 0.3) is 0 Å². The van der Waals surface area contributed by atoms with Gasteiger partial charge in [0.2, 0.25) is 0 Å². The zero-order chi connectivity index (χ0) is 13.6. The lowest BCUT2D eigenvalue weighted by Crippen LogP contribution is -2.31. The molecule has 1 aromatic rings. The quantitative estimate of drug-likeness (QED) is 0.807. The average molecular weight is 249 g/mol. The lowest BCUT2D eigenvalue weighted by molar-refractivity contribution is 0.221. The second-order valence-electron chi connectivity index (χ2n) is 5.76. The van der Waals surface area contributed by atoms with E-state index in [0.29, 0.717) is 0 Å². The smallest absolute Gasteiger partial charge is 0.0547 e. The zero-order valence-corrected chi connectivity index (χ0v) is 12.2. The molecular weight excluding hydrogens is 222 g/mol. The second-order valence-corrected chi connectivity index (χ2v) is 5.76. The Morgan fingerprint density at radius 3 is 2.61 bits per heavy atom. The molecule has 0 radical (unpaired) electrons. The van der Waals surface area contributed by atoms with Gasteiger partial charge in [-0.25, -0.2) is 0 Å². The van der Waals surface area contributed by atoms with Crippen molar-refractivity contribution >= 4 is 0 Å². The van der Waals surface area contributed by atoms with Crippen molar-refractivity contribution in [1.82, 2.24) is 9.88 Å². The molecule has 0 aliphatic heterocycles. The van der Waals surface area contributed by atoms with Crippen molar-refractivity contribution in [2.45, 2.75) is 40.7 Å². The molecule has 0 aromatic carbocycles. The molecule has 1 rings (SSSR count). The van der Waals surface area contributed by atoms with Crippen LogP contribution < -0.4 is 5.73 Å². The Morgan fingerprint density at radius 1 is 1.33 bits per heavy atom. The molecule has 18 heavy (non-hydrogen) atoms. The van der Waals surface area contributed by atoms with Crippen molar-refractivity contribution in [1.29, 1.82) is 0 Å². The molecule has 0 atom stereocenters. The monoisotopic (exact) mass is 249 g/mol. The summed E-state index contributed by atoms with van der Waals surface area (Å²) in [4.78, 5) is 6.99. The van der Waals surface area contributed by atoms with Crippen LogP contribution in [0, 0.1) is 12.3 Å². The van der Waals surface area contributed by atoms with Crippen molar-refractivity contribution < 1.29 is 0 Å². The van der Waals surface area contributed by atoms with Gasteiger partial charge >= 0.3 is 0 Å². The third-order valence-corrected chi connectivity index (χ3v) is 3.44. The van der Waals surface area contributed by atoms with Crippen molar-refractivity contribution in [3.63, 3.8) is 0 Å². The van der Waals surface area contributed by atoms with Gasteiger partial charge in [-0.3, -0.25) is 9.88 Å². The maximum atomic E-state index is 5.78. The molecule has 3 heteroatoms. The van der Waals surface area contributed by atoms with Gasteiger partial charge in [0, 0.05) is 12.2 Å². The van der Waals surface area contributed by atoms with Crippen LogP contribution in [0.15, 0.2) is 18.2 Å². The normalized spacial score (nSPS) is 12.1. The van der Waals surface area contributed by atoms with Crippen LogP contribution in [0.1, 0.15) is 38.6 Å². The van der Waals surface area contributed by atoms with Crippen molar-refractivity contribution in [2.75, 3.05) is 19.6 Å². The third-order valence-electron chi connectivity index (χ3n) is 3.44. The van der Waals surface area contributed by atoms with Gasteiger partial charge < -0.3 is 5.73 Å². The van der Waals surface area contributed by atoms with Crippen LogP contribution in [0.5, 0.6) is 0 Å². The van der Waals surface area contributed by atoms with Crippen LogP contribution in [-0.4, -0.2) is 29.5 Å². The summed E-state index contributed by atoms with van der Waals surface area (Å²) in [5, 5.41) is 0. The summed E-state index contributed by atoms with van der Waals surface area (Å²) in [5.74, 6) is 0. The predicted molar refractivity (Wildman–Crippen MR) is 77.4 cm³/mol. The van der Waals surface area contributed by atoms with E-state index in [1.165, 1.54) is 0 Å². The first kappa shape index (κ1) is 15.1. The first-order valence-corrected chi connectivity index (χ1v) is 6.82. The highest BCUT2D eigenvalue weighted by molar-refractivity contribution is 5.09. The van der Waals surface area contributed by atoms with E-state index in [4.69, 9.17) is 5.73 Å². The summed E-state index contributed by atoms with van der Waals surface area (Å²) in [6.45, 7) is 12.5. The van der Waals surface area contributed by atoms with E-state index in [9.17, 15) is 0 Å². The summed E-state index contributed by atoms with van der Waals surface area (Å²) < 4.78 is 0. The molecule has 0 saturated heterocycles. The molecule has 0 spiro atoms. The van der Waals surface area contributed by atoms with E-state index in [1.54, 1.807) is 0 Å². The molecule has 2 N–H and O–H groups in total. The fourth-order valence-electron chi connectivity index (χ4n) is 1.83. The molecule has 0 bridgehead atoms. The van der Waals surface area contributed by atoms with Crippen molar-refractivity contribution in [2.24, 2.45) is 11.1 Å². The lowest BCUT2D eigenvalue weighted by Gasteiger charge is -2.27. The number of hydrogen-bond acceptors (Lipinski definition) is 3. The summed E-state index contributed by atoms with van der Waals surface area (Å²) in [6.07, 6.45) is 1.13. The molecule has 0 amide bonds. The van der Waals surface area contributed by atoms with Gasteiger partial charge in [0.1, 0.15) is 0 Å². The van der Waals surface area contributed by atoms with Gasteiger partial charge in [0.25, 0.3) is 0 Å². The van der Waals surface area contributed by atoms with Gasteiger partial charge in [-0.15, -0.1) is 0 Å². The standard InChI is InChI=1S/C15H27N3/c1-5-18(10-9-15(3,4)12-16)11-14-8-6-7-13(2)17-14/h6-8H,5,9-12,16H2,1-4H3. The lowest BCUT2D eigenvalue weighted by atomic mass is 9.89. The first-order valence-electron chi connectivity index (χ1n) is 6.82. The van der Waals surface area contributed by atoms with E-state index in [2.05, 4.69) is 42.8 Å². The topological polar surface area (TPSA) is 42.1 Å². The number of aryl methyl sites for hydroxylation is 1. The number of nitrogens with two attached hydrogens (primary N) is 1. The minimum absolute atomic E-state index is 0.230. The summed E-state index contributed by atoms with van der Waals surface area (Å²) in [6, 6.07) is 6.22. The Bertz CT molecular complexity index is 361. The number of nitrogens with zero attached hydrogens (tertiary/aromatic N) is 2. The Labute approximate surface area is 111 Å². The minimum Gasteiger partial charge on any atom is -0.330 e. The summed E-state index contributed by atoms with van der Waals surface area (Å²) >= 11 is 0. The Morgan fingerprint density at radius 2 is 2.06 bits per heavy atom. The maximum Gasteiger partial charge on any atom is 0.0547 e. The second kappa shape index (κ2) is 6.86. The van der Waals surface area contributed by atoms with E-state index < -0.39 is 0 Å². The highest BCUT2D eigenvalue weighted by atomic mass is 15.1. The molecule has 0 aliphatic carbocycles. The highest BCUT2D eigenvalue weighted by Crippen LogP contribution is 2.19. The van der Waals surface area contributed by atoms with E-state index in [0.717, 1.165) is 44.0 Å². The Hall–Kier alpha value is -0.930. The van der Waals surface area contributed by atoms with E-state index in [-0.39, 0.29) is 5.41 Å². The van der Waals surface area contributed by atoms with Crippen molar-refractivity contribution in [3.05, 3.63) is 29.6 Å². The maximum absolute atomic E-state index is 5.78. The molecule has 1 aromatic heterocycles. The fraction of sp³-hybridized carbons (Fsp3) is 0.667. The number of rotatable bonds is 7. The van der Waals surface area contributed by atoms with Crippen LogP contribution >= 0.6 is 0 Å². The molecule has 0 fully saturated rings. The van der Waals surface area contributed by atoms with E-state index >= 15 is 0 Å².